The molecule has 0 unspecified atom stereocenters. The number of nitrogens with zero attached hydrogens (tertiary/aromatic N) is 4. The molecule has 0 spiro atoms. The van der Waals surface area contributed by atoms with Crippen molar-refractivity contribution in [2.45, 2.75) is 18.6 Å². The molecule has 160 valence electrons. The van der Waals surface area contributed by atoms with Gasteiger partial charge in [0.2, 0.25) is 0 Å². The van der Waals surface area contributed by atoms with Crippen LogP contribution in [0.15, 0.2) is 52.8 Å². The van der Waals surface area contributed by atoms with Crippen LogP contribution in [0.4, 0.5) is 5.69 Å². The van der Waals surface area contributed by atoms with E-state index in [0.29, 0.717) is 28.3 Å². The Labute approximate surface area is 178 Å². The summed E-state index contributed by atoms with van der Waals surface area (Å²) in [6, 6.07) is 9.65. The van der Waals surface area contributed by atoms with E-state index in [1.165, 1.54) is 26.3 Å². The molecule has 10 nitrogen and oxygen atoms in total. The Bertz CT molecular complexity index is 1070. The van der Waals surface area contributed by atoms with Gasteiger partial charge < -0.3 is 14.2 Å². The molecule has 1 fully saturated rings. The minimum absolute atomic E-state index is 0.119. The quantitative estimate of drug-likeness (QED) is 0.515. The second-order valence-electron chi connectivity index (χ2n) is 6.92. The summed E-state index contributed by atoms with van der Waals surface area (Å²) in [6.07, 6.45) is 0. The van der Waals surface area contributed by atoms with Crippen LogP contribution in [0.5, 0.6) is 11.5 Å². The lowest BCUT2D eigenvalue weighted by atomic mass is 10.1. The molecular weight excluding hydrogens is 404 g/mol. The monoisotopic (exact) mass is 424 g/mol. The maximum atomic E-state index is 13.1. The van der Waals surface area contributed by atoms with E-state index in [4.69, 9.17) is 14.2 Å². The molecule has 10 heteroatoms. The molecule has 2 heterocycles. The van der Waals surface area contributed by atoms with Gasteiger partial charge in [0.1, 0.15) is 11.5 Å². The van der Waals surface area contributed by atoms with Crippen molar-refractivity contribution in [1.29, 1.82) is 0 Å². The molecule has 2 aliphatic heterocycles. The number of methoxy groups -OCH3 is 3. The number of anilines is 1. The van der Waals surface area contributed by atoms with Crippen molar-refractivity contribution in [3.8, 4) is 11.5 Å². The second-order valence-corrected chi connectivity index (χ2v) is 6.92. The highest BCUT2D eigenvalue weighted by atomic mass is 16.5. The SMILES string of the molecule is COC(=O)c1ccc(OC)c(CN2N=N[C@H]3C(=O)N(c4ccc(OC)cc4)C(=O)[C@@H]32)c1. The van der Waals surface area contributed by atoms with E-state index < -0.39 is 29.9 Å². The number of hydrogen-bond acceptors (Lipinski definition) is 9. The zero-order valence-electron chi connectivity index (χ0n) is 17.1. The summed E-state index contributed by atoms with van der Waals surface area (Å²) in [5.41, 5.74) is 1.37. The fraction of sp³-hybridized carbons (Fsp3) is 0.286. The van der Waals surface area contributed by atoms with E-state index in [1.807, 2.05) is 0 Å². The second kappa shape index (κ2) is 8.05. The number of benzene rings is 2. The van der Waals surface area contributed by atoms with Crippen LogP contribution in [0.1, 0.15) is 15.9 Å². The molecule has 2 aliphatic rings. The van der Waals surface area contributed by atoms with Crippen LogP contribution in [-0.2, 0) is 20.9 Å². The fourth-order valence-corrected chi connectivity index (χ4v) is 3.66. The fourth-order valence-electron chi connectivity index (χ4n) is 3.66. The first-order valence-corrected chi connectivity index (χ1v) is 9.43. The summed E-state index contributed by atoms with van der Waals surface area (Å²) in [7, 11) is 4.33. The molecular formula is C21H20N4O6. The van der Waals surface area contributed by atoms with Crippen LogP contribution in [0.2, 0.25) is 0 Å². The molecule has 0 aromatic heterocycles. The molecule has 4 rings (SSSR count). The smallest absolute Gasteiger partial charge is 0.337 e. The average Bonchev–Trinajstić information content (AvgIpc) is 3.32. The maximum absolute atomic E-state index is 13.1. The number of hydrogen-bond donors (Lipinski definition) is 0. The van der Waals surface area contributed by atoms with Crippen molar-refractivity contribution in [1.82, 2.24) is 5.01 Å². The van der Waals surface area contributed by atoms with E-state index in [9.17, 15) is 14.4 Å². The predicted octanol–water partition coefficient (Wildman–Crippen LogP) is 1.98. The van der Waals surface area contributed by atoms with E-state index in [-0.39, 0.29) is 6.54 Å². The Morgan fingerprint density at radius 2 is 1.74 bits per heavy atom. The number of amides is 2. The Morgan fingerprint density at radius 3 is 2.39 bits per heavy atom. The third-order valence-corrected chi connectivity index (χ3v) is 5.22. The highest BCUT2D eigenvalue weighted by Gasteiger charge is 2.54. The number of ether oxygens (including phenoxy) is 3. The van der Waals surface area contributed by atoms with Crippen molar-refractivity contribution < 1.29 is 28.6 Å². The van der Waals surface area contributed by atoms with Crippen LogP contribution < -0.4 is 14.4 Å². The van der Waals surface area contributed by atoms with Crippen molar-refractivity contribution in [2.24, 2.45) is 10.3 Å². The van der Waals surface area contributed by atoms with E-state index in [2.05, 4.69) is 10.3 Å². The third kappa shape index (κ3) is 3.45. The standard InChI is InChI=1S/C21H20N4O6/c1-29-15-7-5-14(6-8-15)25-19(26)17-18(20(25)27)24(23-22-17)11-13-10-12(21(28)31-3)4-9-16(13)30-2/h4-10,17-18H,11H2,1-3H3/t17-,18-/m1/s1. The Hall–Kier alpha value is -3.95. The minimum Gasteiger partial charge on any atom is -0.497 e. The topological polar surface area (TPSA) is 110 Å². The molecule has 2 aromatic rings. The van der Waals surface area contributed by atoms with Gasteiger partial charge in [0.05, 0.1) is 39.1 Å². The number of carbonyl (C=O) groups excluding carboxylic acids is 3. The number of rotatable bonds is 6. The molecule has 2 atom stereocenters. The predicted molar refractivity (Wildman–Crippen MR) is 108 cm³/mol. The Morgan fingerprint density at radius 1 is 1.00 bits per heavy atom. The molecule has 1 saturated heterocycles. The van der Waals surface area contributed by atoms with E-state index in [1.54, 1.807) is 42.5 Å². The van der Waals surface area contributed by atoms with Gasteiger partial charge in [-0.05, 0) is 42.5 Å². The summed E-state index contributed by atoms with van der Waals surface area (Å²) >= 11 is 0. The lowest BCUT2D eigenvalue weighted by Crippen LogP contribution is -2.39. The Kier molecular flexibility index (Phi) is 5.28. The van der Waals surface area contributed by atoms with E-state index in [0.717, 1.165) is 4.90 Å². The lowest BCUT2D eigenvalue weighted by molar-refractivity contribution is -0.123. The van der Waals surface area contributed by atoms with E-state index >= 15 is 0 Å². The van der Waals surface area contributed by atoms with Crippen LogP contribution in [0, 0.1) is 0 Å². The summed E-state index contributed by atoms with van der Waals surface area (Å²) in [4.78, 5) is 39.0. The van der Waals surface area contributed by atoms with Crippen LogP contribution in [0.25, 0.3) is 0 Å². The van der Waals surface area contributed by atoms with Crippen molar-refractivity contribution in [3.63, 3.8) is 0 Å². The number of esters is 1. The first kappa shape index (κ1) is 20.3. The van der Waals surface area contributed by atoms with Crippen LogP contribution in [0.3, 0.4) is 0 Å². The van der Waals surface area contributed by atoms with Gasteiger partial charge in [0.15, 0.2) is 12.1 Å². The maximum Gasteiger partial charge on any atom is 0.337 e. The summed E-state index contributed by atoms with van der Waals surface area (Å²) in [5.74, 6) is -0.241. The highest BCUT2D eigenvalue weighted by molar-refractivity contribution is 6.25. The zero-order chi connectivity index (χ0) is 22.1. The zero-order valence-corrected chi connectivity index (χ0v) is 17.1. The molecule has 2 aromatic carbocycles. The van der Waals surface area contributed by atoms with Crippen molar-refractivity contribution in [2.75, 3.05) is 26.2 Å². The van der Waals surface area contributed by atoms with Gasteiger partial charge in [0.25, 0.3) is 11.8 Å². The molecule has 0 radical (unpaired) electrons. The number of carbonyl (C=O) groups is 3. The van der Waals surface area contributed by atoms with Gasteiger partial charge >= 0.3 is 5.97 Å². The summed E-state index contributed by atoms with van der Waals surface area (Å²) in [5, 5.41) is 9.51. The van der Waals surface area contributed by atoms with Gasteiger partial charge in [0, 0.05) is 5.56 Å². The van der Waals surface area contributed by atoms with Gasteiger partial charge in [-0.1, -0.05) is 5.22 Å². The van der Waals surface area contributed by atoms with Gasteiger partial charge in [-0.3, -0.25) is 14.6 Å². The normalized spacial score (nSPS) is 19.6. The molecule has 0 aliphatic carbocycles. The third-order valence-electron chi connectivity index (χ3n) is 5.22. The van der Waals surface area contributed by atoms with Crippen LogP contribution in [-0.4, -0.2) is 56.2 Å². The molecule has 0 N–H and O–H groups in total. The van der Waals surface area contributed by atoms with Crippen LogP contribution >= 0.6 is 0 Å². The number of imide groups is 1. The molecule has 2 amide bonds. The summed E-state index contributed by atoms with van der Waals surface area (Å²) < 4.78 is 15.3. The number of fused-ring (bicyclic) bond motifs is 1. The summed E-state index contributed by atoms with van der Waals surface area (Å²) in [6.45, 7) is 0.119. The minimum atomic E-state index is -0.926. The van der Waals surface area contributed by atoms with Gasteiger partial charge in [-0.2, -0.15) is 5.11 Å². The first-order valence-electron chi connectivity index (χ1n) is 9.43. The van der Waals surface area contributed by atoms with Crippen molar-refractivity contribution >= 4 is 23.5 Å². The van der Waals surface area contributed by atoms with Gasteiger partial charge in [-0.25, -0.2) is 9.69 Å². The van der Waals surface area contributed by atoms with Crippen molar-refractivity contribution in [3.05, 3.63) is 53.6 Å². The Balaban J connectivity index is 1.60. The lowest BCUT2D eigenvalue weighted by Gasteiger charge is -2.22. The van der Waals surface area contributed by atoms with Gasteiger partial charge in [-0.15, -0.1) is 0 Å². The molecule has 0 saturated carbocycles. The highest BCUT2D eigenvalue weighted by Crippen LogP contribution is 2.34. The first-order chi connectivity index (χ1) is 15.0. The molecule has 0 bridgehead atoms. The average molecular weight is 424 g/mol. The molecule has 31 heavy (non-hydrogen) atoms. The largest absolute Gasteiger partial charge is 0.497 e.